The maximum Gasteiger partial charge on any atom is 0.330 e. The van der Waals surface area contributed by atoms with E-state index in [1.54, 1.807) is 36.7 Å². The number of ether oxygens (including phenoxy) is 2. The smallest absolute Gasteiger partial charge is 0.330 e. The number of hydrogen-bond donors (Lipinski definition) is 0. The highest BCUT2D eigenvalue weighted by Gasteiger charge is 2.16. The van der Waals surface area contributed by atoms with E-state index in [0.29, 0.717) is 22.3 Å². The highest BCUT2D eigenvalue weighted by Crippen LogP contribution is 2.33. The van der Waals surface area contributed by atoms with Gasteiger partial charge in [-0.2, -0.15) is 0 Å². The van der Waals surface area contributed by atoms with E-state index in [4.69, 9.17) is 4.74 Å². The van der Waals surface area contributed by atoms with E-state index in [1.165, 1.54) is 31.4 Å². The number of rotatable bonds is 5. The van der Waals surface area contributed by atoms with Crippen LogP contribution in [0, 0.1) is 10.1 Å². The number of carbonyl (C=O) groups is 1. The van der Waals surface area contributed by atoms with E-state index in [1.807, 2.05) is 0 Å². The number of methoxy groups -OCH3 is 1. The number of nitro benzene ring substituents is 1. The normalized spacial score (nSPS) is 10.8. The van der Waals surface area contributed by atoms with Crippen LogP contribution in [0.3, 0.4) is 0 Å². The molecule has 0 unspecified atom stereocenters. The van der Waals surface area contributed by atoms with Crippen molar-refractivity contribution in [1.82, 2.24) is 9.97 Å². The molecule has 26 heavy (non-hydrogen) atoms. The van der Waals surface area contributed by atoms with Crippen molar-refractivity contribution in [2.24, 2.45) is 0 Å². The van der Waals surface area contributed by atoms with Gasteiger partial charge in [-0.25, -0.2) is 4.79 Å². The quantitative estimate of drug-likeness (QED) is 0.300. The molecular weight excluding hydrogens is 338 g/mol. The fourth-order valence-electron chi connectivity index (χ4n) is 2.23. The molecule has 0 aliphatic carbocycles. The van der Waals surface area contributed by atoms with Crippen molar-refractivity contribution in [1.29, 1.82) is 0 Å². The zero-order valence-corrected chi connectivity index (χ0v) is 13.7. The number of esters is 1. The minimum atomic E-state index is -0.551. The Morgan fingerprint density at radius 3 is 2.62 bits per heavy atom. The van der Waals surface area contributed by atoms with Gasteiger partial charge >= 0.3 is 11.7 Å². The molecule has 8 heteroatoms. The molecule has 1 aromatic heterocycles. The second kappa shape index (κ2) is 7.39. The van der Waals surface area contributed by atoms with Gasteiger partial charge in [0.1, 0.15) is 5.75 Å². The van der Waals surface area contributed by atoms with Crippen LogP contribution in [0.1, 0.15) is 5.56 Å². The molecule has 0 spiro atoms. The molecule has 0 saturated carbocycles. The van der Waals surface area contributed by atoms with Gasteiger partial charge < -0.3 is 9.47 Å². The first-order valence-electron chi connectivity index (χ1n) is 7.50. The molecule has 0 radical (unpaired) electrons. The third-order valence-corrected chi connectivity index (χ3v) is 3.46. The van der Waals surface area contributed by atoms with Crippen LogP contribution in [-0.2, 0) is 9.53 Å². The Morgan fingerprint density at radius 1 is 1.12 bits per heavy atom. The summed E-state index contributed by atoms with van der Waals surface area (Å²) in [5.74, 6) is -0.0716. The second-order valence-electron chi connectivity index (χ2n) is 5.15. The third kappa shape index (κ3) is 3.81. The number of aromatic nitrogens is 2. The predicted octanol–water partition coefficient (Wildman–Crippen LogP) is 3.52. The van der Waals surface area contributed by atoms with Crippen molar-refractivity contribution >= 4 is 28.8 Å². The van der Waals surface area contributed by atoms with Gasteiger partial charge in [0.2, 0.25) is 5.75 Å². The summed E-state index contributed by atoms with van der Waals surface area (Å²) in [6.45, 7) is 0. The molecular formula is C18H13N3O5. The standard InChI is InChI=1S/C18H13N3O5/c1-25-18(22)7-3-12-2-6-17(16(10-12)21(23)24)26-13-4-5-14-15(11-13)20-9-8-19-14/h2-11H,1H3/b7-3+. The molecule has 1 heterocycles. The van der Waals surface area contributed by atoms with Crippen LogP contribution in [0.5, 0.6) is 11.5 Å². The van der Waals surface area contributed by atoms with Crippen LogP contribution in [0.4, 0.5) is 5.69 Å². The molecule has 2 aromatic carbocycles. The highest BCUT2D eigenvalue weighted by atomic mass is 16.6. The number of nitro groups is 1. The number of nitrogens with zero attached hydrogens (tertiary/aromatic N) is 3. The van der Waals surface area contributed by atoms with Crippen molar-refractivity contribution in [2.75, 3.05) is 7.11 Å². The van der Waals surface area contributed by atoms with Crippen LogP contribution in [-0.4, -0.2) is 28.0 Å². The lowest BCUT2D eigenvalue weighted by Crippen LogP contribution is -1.95. The summed E-state index contributed by atoms with van der Waals surface area (Å²) < 4.78 is 10.1. The fourth-order valence-corrected chi connectivity index (χ4v) is 2.23. The van der Waals surface area contributed by atoms with Crippen LogP contribution >= 0.6 is 0 Å². The number of fused-ring (bicyclic) bond motifs is 1. The monoisotopic (exact) mass is 351 g/mol. The van der Waals surface area contributed by atoms with Crippen LogP contribution in [0.15, 0.2) is 54.9 Å². The number of hydrogen-bond acceptors (Lipinski definition) is 7. The zero-order chi connectivity index (χ0) is 18.5. The van der Waals surface area contributed by atoms with E-state index in [2.05, 4.69) is 14.7 Å². The summed E-state index contributed by atoms with van der Waals surface area (Å²) >= 11 is 0. The van der Waals surface area contributed by atoms with Crippen LogP contribution < -0.4 is 4.74 Å². The maximum atomic E-state index is 11.4. The van der Waals surface area contributed by atoms with E-state index in [-0.39, 0.29) is 11.4 Å². The minimum Gasteiger partial charge on any atom is -0.466 e. The lowest BCUT2D eigenvalue weighted by molar-refractivity contribution is -0.385. The maximum absolute atomic E-state index is 11.4. The van der Waals surface area contributed by atoms with Gasteiger partial charge in [-0.05, 0) is 29.8 Å². The minimum absolute atomic E-state index is 0.0773. The molecule has 0 atom stereocenters. The van der Waals surface area contributed by atoms with Gasteiger partial charge in [0, 0.05) is 30.6 Å². The van der Waals surface area contributed by atoms with Gasteiger partial charge in [-0.3, -0.25) is 20.1 Å². The SMILES string of the molecule is COC(=O)/C=C/c1ccc(Oc2ccc3nccnc3c2)c([N+](=O)[O-])c1. The van der Waals surface area contributed by atoms with Crippen molar-refractivity contribution in [3.8, 4) is 11.5 Å². The first-order chi connectivity index (χ1) is 12.6. The Morgan fingerprint density at radius 2 is 1.88 bits per heavy atom. The average molecular weight is 351 g/mol. The van der Waals surface area contributed by atoms with Crippen molar-refractivity contribution in [2.45, 2.75) is 0 Å². The fraction of sp³-hybridized carbons (Fsp3) is 0.0556. The van der Waals surface area contributed by atoms with Gasteiger partial charge in [-0.1, -0.05) is 6.07 Å². The van der Waals surface area contributed by atoms with Gasteiger partial charge in [0.25, 0.3) is 0 Å². The summed E-state index contributed by atoms with van der Waals surface area (Å²) in [6, 6.07) is 9.41. The average Bonchev–Trinajstić information content (AvgIpc) is 2.66. The molecule has 3 rings (SSSR count). The molecule has 0 amide bonds. The zero-order valence-electron chi connectivity index (χ0n) is 13.7. The van der Waals surface area contributed by atoms with Crippen LogP contribution in [0.2, 0.25) is 0 Å². The van der Waals surface area contributed by atoms with Crippen molar-refractivity contribution in [3.63, 3.8) is 0 Å². The Hall–Kier alpha value is -3.81. The first kappa shape index (κ1) is 17.0. The molecule has 130 valence electrons. The molecule has 8 nitrogen and oxygen atoms in total. The predicted molar refractivity (Wildman–Crippen MR) is 93.8 cm³/mol. The topological polar surface area (TPSA) is 104 Å². The second-order valence-corrected chi connectivity index (χ2v) is 5.15. The Labute approximate surface area is 147 Å². The summed E-state index contributed by atoms with van der Waals surface area (Å²) in [5, 5.41) is 11.4. The molecule has 0 bridgehead atoms. The Bertz CT molecular complexity index is 1020. The molecule has 3 aromatic rings. The summed E-state index contributed by atoms with van der Waals surface area (Å²) in [4.78, 5) is 30.3. The third-order valence-electron chi connectivity index (χ3n) is 3.46. The molecule has 0 N–H and O–H groups in total. The Kier molecular flexibility index (Phi) is 4.84. The first-order valence-corrected chi connectivity index (χ1v) is 7.50. The summed E-state index contributed by atoms with van der Waals surface area (Å²) in [7, 11) is 1.25. The van der Waals surface area contributed by atoms with E-state index in [0.717, 1.165) is 0 Å². The van der Waals surface area contributed by atoms with Gasteiger partial charge in [0.15, 0.2) is 0 Å². The van der Waals surface area contributed by atoms with E-state index in [9.17, 15) is 14.9 Å². The lowest BCUT2D eigenvalue weighted by Gasteiger charge is -2.07. The van der Waals surface area contributed by atoms with Gasteiger partial charge in [0.05, 0.1) is 23.1 Å². The summed E-state index contributed by atoms with van der Waals surface area (Å²) in [6.07, 6.45) is 5.74. The van der Waals surface area contributed by atoms with Crippen molar-refractivity contribution < 1.29 is 19.2 Å². The lowest BCUT2D eigenvalue weighted by atomic mass is 10.1. The molecule has 0 saturated heterocycles. The largest absolute Gasteiger partial charge is 0.466 e. The number of carbonyl (C=O) groups excluding carboxylic acids is 1. The van der Waals surface area contributed by atoms with Crippen LogP contribution in [0.25, 0.3) is 17.1 Å². The highest BCUT2D eigenvalue weighted by molar-refractivity contribution is 5.87. The molecule has 0 aliphatic rings. The van der Waals surface area contributed by atoms with Crippen molar-refractivity contribution in [3.05, 3.63) is 70.5 Å². The van der Waals surface area contributed by atoms with E-state index >= 15 is 0 Å². The van der Waals surface area contributed by atoms with Gasteiger partial charge in [-0.15, -0.1) is 0 Å². The Balaban J connectivity index is 1.91. The molecule has 0 fully saturated rings. The van der Waals surface area contributed by atoms with E-state index < -0.39 is 10.9 Å². The number of benzene rings is 2. The summed E-state index contributed by atoms with van der Waals surface area (Å²) in [5.41, 5.74) is 1.55. The molecule has 0 aliphatic heterocycles.